The summed E-state index contributed by atoms with van der Waals surface area (Å²) in [5.41, 5.74) is 5.31. The Morgan fingerprint density at radius 1 is 1.28 bits per heavy atom. The van der Waals surface area contributed by atoms with E-state index in [4.69, 9.17) is 10.5 Å². The Morgan fingerprint density at radius 2 is 2.00 bits per heavy atom. The summed E-state index contributed by atoms with van der Waals surface area (Å²) in [7, 11) is 1.18. The maximum Gasteiger partial charge on any atom is 0.420 e. The van der Waals surface area contributed by atoms with E-state index in [1.807, 2.05) is 13.8 Å². The van der Waals surface area contributed by atoms with Crippen LogP contribution in [0.4, 0.5) is 23.8 Å². The first-order chi connectivity index (χ1) is 13.6. The van der Waals surface area contributed by atoms with E-state index in [2.05, 4.69) is 20.0 Å². The number of hydrogen-bond donors (Lipinski definition) is 2. The van der Waals surface area contributed by atoms with Crippen LogP contribution < -0.4 is 15.8 Å². The van der Waals surface area contributed by atoms with Gasteiger partial charge in [0, 0.05) is 17.8 Å². The van der Waals surface area contributed by atoms with Crippen molar-refractivity contribution in [2.75, 3.05) is 19.0 Å². The lowest BCUT2D eigenvalue weighted by Crippen LogP contribution is -2.29. The molecular weight excluding hydrogens is 389 g/mol. The van der Waals surface area contributed by atoms with Crippen LogP contribution >= 0.6 is 0 Å². The van der Waals surface area contributed by atoms with Gasteiger partial charge in [-0.25, -0.2) is 9.78 Å². The molecule has 0 aromatic carbocycles. The molecule has 29 heavy (non-hydrogen) atoms. The molecule has 1 amide bonds. The average Bonchev–Trinajstić information content (AvgIpc) is 2.65. The summed E-state index contributed by atoms with van der Waals surface area (Å²) in [6, 6.07) is 3.37. The molecule has 0 aliphatic rings. The second-order valence-electron chi connectivity index (χ2n) is 6.81. The Bertz CT molecular complexity index is 844. The molecule has 2 aromatic heterocycles. The Kier molecular flexibility index (Phi) is 7.38. The minimum absolute atomic E-state index is 0.0477. The van der Waals surface area contributed by atoms with Crippen molar-refractivity contribution in [2.45, 2.75) is 32.5 Å². The van der Waals surface area contributed by atoms with Gasteiger partial charge in [-0.1, -0.05) is 13.8 Å². The number of alkyl halides is 3. The van der Waals surface area contributed by atoms with E-state index < -0.39 is 17.8 Å². The van der Waals surface area contributed by atoms with E-state index in [9.17, 15) is 18.0 Å². The highest BCUT2D eigenvalue weighted by molar-refractivity contribution is 5.84. The molecule has 0 spiro atoms. The van der Waals surface area contributed by atoms with Crippen LogP contribution in [0, 0.1) is 5.92 Å². The summed E-state index contributed by atoms with van der Waals surface area (Å²) in [5.74, 6) is 0.0304. The molecule has 0 saturated heterocycles. The number of carbonyl (C=O) groups excluding carboxylic acids is 1. The number of nitrogens with zero attached hydrogens (tertiary/aromatic N) is 2. The van der Waals surface area contributed by atoms with Crippen molar-refractivity contribution in [3.63, 3.8) is 0 Å². The summed E-state index contributed by atoms with van der Waals surface area (Å²) < 4.78 is 50.4. The van der Waals surface area contributed by atoms with Gasteiger partial charge in [-0.2, -0.15) is 13.2 Å². The summed E-state index contributed by atoms with van der Waals surface area (Å²) >= 11 is 0. The first-order valence-corrected chi connectivity index (χ1v) is 8.87. The maximum absolute atomic E-state index is 13.6. The lowest BCUT2D eigenvalue weighted by atomic mass is 10.1. The summed E-state index contributed by atoms with van der Waals surface area (Å²) in [5, 5.41) is 2.35. The Labute approximate surface area is 166 Å². The van der Waals surface area contributed by atoms with E-state index >= 15 is 0 Å². The molecular formula is C19H23F3N4O3. The third-order valence-electron chi connectivity index (χ3n) is 3.87. The van der Waals surface area contributed by atoms with Crippen LogP contribution in [-0.4, -0.2) is 35.8 Å². The molecule has 1 atom stereocenters. The average molecular weight is 412 g/mol. The molecule has 0 saturated carbocycles. The third kappa shape index (κ3) is 6.60. The molecule has 3 N–H and O–H groups in total. The number of rotatable bonds is 7. The Balaban J connectivity index is 2.29. The largest absolute Gasteiger partial charge is 0.490 e. The smallest absolute Gasteiger partial charge is 0.420 e. The highest BCUT2D eigenvalue weighted by Gasteiger charge is 2.35. The quantitative estimate of drug-likeness (QED) is 0.711. The van der Waals surface area contributed by atoms with Crippen LogP contribution in [0.2, 0.25) is 0 Å². The van der Waals surface area contributed by atoms with Crippen molar-refractivity contribution in [1.29, 1.82) is 0 Å². The first-order valence-electron chi connectivity index (χ1n) is 8.87. The summed E-state index contributed by atoms with van der Waals surface area (Å²) in [4.78, 5) is 19.3. The van der Waals surface area contributed by atoms with Gasteiger partial charge in [-0.05, 0) is 30.5 Å². The van der Waals surface area contributed by atoms with E-state index in [0.29, 0.717) is 17.9 Å². The molecule has 158 valence electrons. The topological polar surface area (TPSA) is 99.4 Å². The van der Waals surface area contributed by atoms with Crippen molar-refractivity contribution < 1.29 is 27.4 Å². The number of ether oxygens (including phenoxy) is 2. The van der Waals surface area contributed by atoms with Crippen molar-refractivity contribution in [3.05, 3.63) is 36.2 Å². The van der Waals surface area contributed by atoms with Crippen LogP contribution in [-0.2, 0) is 10.9 Å². The van der Waals surface area contributed by atoms with Crippen molar-refractivity contribution in [2.24, 2.45) is 11.7 Å². The first kappa shape index (κ1) is 22.4. The van der Waals surface area contributed by atoms with Crippen molar-refractivity contribution in [3.8, 4) is 17.0 Å². The fourth-order valence-electron chi connectivity index (χ4n) is 2.62. The Morgan fingerprint density at radius 3 is 2.62 bits per heavy atom. The van der Waals surface area contributed by atoms with Crippen LogP contribution in [0.1, 0.15) is 25.8 Å². The molecule has 0 fully saturated rings. The standard InChI is InChI=1S/C19H23F3N4O3/c1-11(2)6-13(23)10-29-16-9-25-15(8-14(16)19(20,21)22)12-4-5-24-17(7-12)26-18(27)28-3/h4-5,7-9,11,13H,6,10,23H2,1-3H3,(H,24,26,27). The molecule has 7 nitrogen and oxygen atoms in total. The van der Waals surface area contributed by atoms with Gasteiger partial charge in [0.25, 0.3) is 0 Å². The number of amides is 1. The fraction of sp³-hybridized carbons (Fsp3) is 0.421. The van der Waals surface area contributed by atoms with Gasteiger partial charge in [0.2, 0.25) is 0 Å². The molecule has 10 heteroatoms. The number of hydrogen-bond acceptors (Lipinski definition) is 6. The van der Waals surface area contributed by atoms with E-state index in [1.54, 1.807) is 0 Å². The molecule has 0 aliphatic heterocycles. The highest BCUT2D eigenvalue weighted by atomic mass is 19.4. The molecule has 2 aromatic rings. The normalized spacial score (nSPS) is 12.6. The van der Waals surface area contributed by atoms with Crippen molar-refractivity contribution in [1.82, 2.24) is 9.97 Å². The molecule has 0 bridgehead atoms. The van der Waals surface area contributed by atoms with Gasteiger partial charge >= 0.3 is 12.3 Å². The second kappa shape index (κ2) is 9.55. The number of aromatic nitrogens is 2. The SMILES string of the molecule is COC(=O)Nc1cc(-c2cc(C(F)(F)F)c(OCC(N)CC(C)C)cn2)ccn1. The zero-order valence-electron chi connectivity index (χ0n) is 16.3. The summed E-state index contributed by atoms with van der Waals surface area (Å²) in [6.45, 7) is 3.88. The molecule has 2 heterocycles. The van der Waals surface area contributed by atoms with Gasteiger partial charge in [0.1, 0.15) is 23.7 Å². The number of nitrogens with one attached hydrogen (secondary N) is 1. The zero-order valence-corrected chi connectivity index (χ0v) is 16.3. The van der Waals surface area contributed by atoms with E-state index in [-0.39, 0.29) is 29.9 Å². The lowest BCUT2D eigenvalue weighted by molar-refractivity contribution is -0.139. The molecule has 0 radical (unpaired) electrons. The number of pyridine rings is 2. The highest BCUT2D eigenvalue weighted by Crippen LogP contribution is 2.38. The van der Waals surface area contributed by atoms with Gasteiger partial charge in [-0.15, -0.1) is 0 Å². The van der Waals surface area contributed by atoms with Crippen LogP contribution in [0.25, 0.3) is 11.3 Å². The minimum Gasteiger partial charge on any atom is -0.490 e. The van der Waals surface area contributed by atoms with Crippen molar-refractivity contribution >= 4 is 11.9 Å². The van der Waals surface area contributed by atoms with E-state index in [1.165, 1.54) is 25.4 Å². The van der Waals surface area contributed by atoms with Crippen LogP contribution in [0.3, 0.4) is 0 Å². The molecule has 2 rings (SSSR count). The van der Waals surface area contributed by atoms with Gasteiger partial charge in [-0.3, -0.25) is 10.3 Å². The zero-order chi connectivity index (χ0) is 21.6. The number of anilines is 1. The predicted octanol–water partition coefficient (Wildman–Crippen LogP) is 4.09. The number of methoxy groups -OCH3 is 1. The van der Waals surface area contributed by atoms with E-state index in [0.717, 1.165) is 12.3 Å². The second-order valence-corrected chi connectivity index (χ2v) is 6.81. The number of carbonyl (C=O) groups is 1. The van der Waals surface area contributed by atoms with Crippen LogP contribution in [0.5, 0.6) is 5.75 Å². The molecule has 0 aliphatic carbocycles. The van der Waals surface area contributed by atoms with Gasteiger partial charge in [0.15, 0.2) is 0 Å². The lowest BCUT2D eigenvalue weighted by Gasteiger charge is -2.18. The maximum atomic E-state index is 13.6. The molecule has 1 unspecified atom stereocenters. The van der Waals surface area contributed by atoms with Crippen LogP contribution in [0.15, 0.2) is 30.6 Å². The van der Waals surface area contributed by atoms with Gasteiger partial charge in [0.05, 0.1) is 19.0 Å². The fourth-order valence-corrected chi connectivity index (χ4v) is 2.62. The Hall–Kier alpha value is -2.88. The predicted molar refractivity (Wildman–Crippen MR) is 101 cm³/mol. The summed E-state index contributed by atoms with van der Waals surface area (Å²) in [6.07, 6.45) is -2.41. The minimum atomic E-state index is -4.64. The number of nitrogens with two attached hydrogens (primary N) is 1. The third-order valence-corrected chi connectivity index (χ3v) is 3.87. The number of halogens is 3. The monoisotopic (exact) mass is 412 g/mol. The van der Waals surface area contributed by atoms with Gasteiger partial charge < -0.3 is 15.2 Å².